The number of anilines is 1. The maximum atomic E-state index is 13.5. The van der Waals surface area contributed by atoms with Crippen LogP contribution in [0, 0.1) is 11.3 Å². The maximum Gasteiger partial charge on any atom is 0.333 e. The molecule has 0 saturated heterocycles. The molecule has 3 heterocycles. The van der Waals surface area contributed by atoms with Crippen LogP contribution in [0.2, 0.25) is 0 Å². The summed E-state index contributed by atoms with van der Waals surface area (Å²) < 4.78 is 7.47. The summed E-state index contributed by atoms with van der Waals surface area (Å²) in [6.45, 7) is 0. The Labute approximate surface area is 153 Å². The zero-order valence-electron chi connectivity index (χ0n) is 14.8. The van der Waals surface area contributed by atoms with E-state index in [0.717, 1.165) is 9.13 Å². The van der Waals surface area contributed by atoms with Gasteiger partial charge in [-0.2, -0.15) is 5.26 Å². The molecule has 2 N–H and O–H groups in total. The minimum absolute atomic E-state index is 0.0975. The van der Waals surface area contributed by atoms with Crippen molar-refractivity contribution in [3.8, 4) is 11.9 Å². The summed E-state index contributed by atoms with van der Waals surface area (Å²) in [4.78, 5) is 40.3. The maximum absolute atomic E-state index is 13.5. The van der Waals surface area contributed by atoms with Crippen LogP contribution >= 0.6 is 0 Å². The van der Waals surface area contributed by atoms with Gasteiger partial charge in [0, 0.05) is 32.4 Å². The number of para-hydroxylation sites is 1. The molecule has 0 aliphatic carbocycles. The number of nitrogens with two attached hydrogens (primary N) is 1. The molecule has 27 heavy (non-hydrogen) atoms. The molecule has 2 aliphatic rings. The third-order valence-electron chi connectivity index (χ3n) is 5.22. The first-order valence-electron chi connectivity index (χ1n) is 8.04. The minimum Gasteiger partial charge on any atom is -0.423 e. The number of benzene rings is 1. The Bertz CT molecular complexity index is 1230. The monoisotopic (exact) mass is 365 g/mol. The summed E-state index contributed by atoms with van der Waals surface area (Å²) in [5.41, 5.74) is 3.58. The lowest BCUT2D eigenvalue weighted by atomic mass is 9.69. The second-order valence-electron chi connectivity index (χ2n) is 6.47. The first-order valence-corrected chi connectivity index (χ1v) is 8.04. The number of carbonyl (C=O) groups is 1. The Kier molecular flexibility index (Phi) is 3.15. The summed E-state index contributed by atoms with van der Waals surface area (Å²) in [7, 11) is 4.28. The van der Waals surface area contributed by atoms with E-state index in [1.807, 2.05) is 6.07 Å². The zero-order valence-corrected chi connectivity index (χ0v) is 14.8. The van der Waals surface area contributed by atoms with Crippen molar-refractivity contribution in [2.75, 3.05) is 11.9 Å². The second kappa shape index (κ2) is 5.11. The fourth-order valence-corrected chi connectivity index (χ4v) is 3.91. The molecule has 1 amide bonds. The Balaban J connectivity index is 2.31. The summed E-state index contributed by atoms with van der Waals surface area (Å²) in [6, 6.07) is 8.79. The van der Waals surface area contributed by atoms with Crippen molar-refractivity contribution >= 4 is 11.6 Å². The van der Waals surface area contributed by atoms with E-state index in [2.05, 4.69) is 0 Å². The molecule has 0 saturated carbocycles. The quantitative estimate of drug-likeness (QED) is 0.667. The highest BCUT2D eigenvalue weighted by Crippen LogP contribution is 2.53. The number of hydrogen-bond acceptors (Lipinski definition) is 6. The summed E-state index contributed by atoms with van der Waals surface area (Å²) >= 11 is 0. The third kappa shape index (κ3) is 1.69. The molecule has 1 unspecified atom stereocenters. The van der Waals surface area contributed by atoms with Gasteiger partial charge in [0.25, 0.3) is 5.56 Å². The number of ether oxygens (including phenoxy) is 1. The first kappa shape index (κ1) is 16.7. The molecule has 0 radical (unpaired) electrons. The van der Waals surface area contributed by atoms with Crippen LogP contribution in [0.1, 0.15) is 11.1 Å². The van der Waals surface area contributed by atoms with Crippen molar-refractivity contribution in [2.45, 2.75) is 5.41 Å². The number of aromatic nitrogens is 2. The Morgan fingerprint density at radius 2 is 1.78 bits per heavy atom. The lowest BCUT2D eigenvalue weighted by Gasteiger charge is -2.34. The van der Waals surface area contributed by atoms with Gasteiger partial charge in [-0.25, -0.2) is 4.79 Å². The van der Waals surface area contributed by atoms with Gasteiger partial charge in [-0.1, -0.05) is 18.2 Å². The van der Waals surface area contributed by atoms with Crippen LogP contribution in [-0.2, 0) is 24.3 Å². The third-order valence-corrected chi connectivity index (χ3v) is 5.22. The highest BCUT2D eigenvalue weighted by molar-refractivity contribution is 6.13. The second-order valence-corrected chi connectivity index (χ2v) is 6.47. The minimum atomic E-state index is -1.77. The number of likely N-dealkylation sites (N-methyl/N-ethyl adjacent to an activating group) is 1. The van der Waals surface area contributed by atoms with Gasteiger partial charge in [-0.3, -0.25) is 18.7 Å². The SMILES string of the molecule is CN1C(=O)C2(C(C#N)=C(N)Oc3c2c(=O)n(C)c(=O)n3C)c2ccccc21. The van der Waals surface area contributed by atoms with Crippen molar-refractivity contribution in [1.82, 2.24) is 9.13 Å². The number of nitrogens with zero attached hydrogens (tertiary/aromatic N) is 4. The molecule has 1 spiro atoms. The van der Waals surface area contributed by atoms with Crippen molar-refractivity contribution in [2.24, 2.45) is 19.8 Å². The molecule has 9 nitrogen and oxygen atoms in total. The van der Waals surface area contributed by atoms with Crippen LogP contribution in [0.4, 0.5) is 5.69 Å². The van der Waals surface area contributed by atoms with Crippen molar-refractivity contribution in [1.29, 1.82) is 5.26 Å². The van der Waals surface area contributed by atoms with E-state index >= 15 is 0 Å². The molecule has 2 aliphatic heterocycles. The summed E-state index contributed by atoms with van der Waals surface area (Å²) in [5.74, 6) is -0.965. The van der Waals surface area contributed by atoms with Gasteiger partial charge < -0.3 is 15.4 Å². The molecule has 1 aromatic heterocycles. The molecule has 0 fully saturated rings. The predicted octanol–water partition coefficient (Wildman–Crippen LogP) is -0.567. The Hall–Kier alpha value is -3.80. The molecule has 0 bridgehead atoms. The van der Waals surface area contributed by atoms with Gasteiger partial charge in [0.2, 0.25) is 17.7 Å². The van der Waals surface area contributed by atoms with Crippen LogP contribution in [0.3, 0.4) is 0 Å². The number of fused-ring (bicyclic) bond motifs is 4. The predicted molar refractivity (Wildman–Crippen MR) is 95.0 cm³/mol. The van der Waals surface area contributed by atoms with Crippen molar-refractivity contribution < 1.29 is 9.53 Å². The zero-order chi connectivity index (χ0) is 19.7. The average Bonchev–Trinajstić information content (AvgIpc) is 2.88. The van der Waals surface area contributed by atoms with Crippen LogP contribution in [0.15, 0.2) is 45.3 Å². The number of carbonyl (C=O) groups excluding carboxylic acids is 1. The fraction of sp³-hybridized carbons (Fsp3) is 0.222. The van der Waals surface area contributed by atoms with Gasteiger partial charge in [0.05, 0.1) is 0 Å². The van der Waals surface area contributed by atoms with Crippen LogP contribution in [0.25, 0.3) is 0 Å². The number of nitriles is 1. The lowest BCUT2D eigenvalue weighted by molar-refractivity contribution is -0.120. The number of amides is 1. The van der Waals surface area contributed by atoms with Crippen LogP contribution in [0.5, 0.6) is 5.88 Å². The summed E-state index contributed by atoms with van der Waals surface area (Å²) in [6.07, 6.45) is 0. The highest BCUT2D eigenvalue weighted by Gasteiger charge is 2.60. The molecule has 4 rings (SSSR count). The summed E-state index contributed by atoms with van der Waals surface area (Å²) in [5, 5.41) is 9.81. The van der Waals surface area contributed by atoms with Crippen LogP contribution < -0.4 is 26.6 Å². The van der Waals surface area contributed by atoms with Crippen molar-refractivity contribution in [3.05, 3.63) is 67.7 Å². The topological polar surface area (TPSA) is 123 Å². The lowest BCUT2D eigenvalue weighted by Crippen LogP contribution is -2.52. The molecule has 1 atom stereocenters. The van der Waals surface area contributed by atoms with Crippen LogP contribution in [-0.4, -0.2) is 22.1 Å². The largest absolute Gasteiger partial charge is 0.423 e. The Morgan fingerprint density at radius 1 is 1.11 bits per heavy atom. The average molecular weight is 365 g/mol. The molecule has 1 aromatic carbocycles. The van der Waals surface area contributed by atoms with Crippen molar-refractivity contribution in [3.63, 3.8) is 0 Å². The highest BCUT2D eigenvalue weighted by atomic mass is 16.5. The molecular weight excluding hydrogens is 350 g/mol. The molecule has 136 valence electrons. The van der Waals surface area contributed by atoms with Gasteiger partial charge >= 0.3 is 5.69 Å². The van der Waals surface area contributed by atoms with Gasteiger partial charge in [-0.05, 0) is 6.07 Å². The fourth-order valence-electron chi connectivity index (χ4n) is 3.91. The van der Waals surface area contributed by atoms with Gasteiger partial charge in [0.15, 0.2) is 5.41 Å². The van der Waals surface area contributed by atoms with E-state index in [0.29, 0.717) is 11.3 Å². The van der Waals surface area contributed by atoms with E-state index < -0.39 is 22.6 Å². The Morgan fingerprint density at radius 3 is 2.44 bits per heavy atom. The van der Waals surface area contributed by atoms with Gasteiger partial charge in [-0.15, -0.1) is 0 Å². The molecular formula is C18H15N5O4. The van der Waals surface area contributed by atoms with E-state index in [-0.39, 0.29) is 22.9 Å². The first-order chi connectivity index (χ1) is 12.8. The van der Waals surface area contributed by atoms with Gasteiger partial charge in [0.1, 0.15) is 17.2 Å². The van der Waals surface area contributed by atoms with E-state index in [9.17, 15) is 19.6 Å². The molecule has 9 heteroatoms. The van der Waals surface area contributed by atoms with E-state index in [4.69, 9.17) is 10.5 Å². The van der Waals surface area contributed by atoms with E-state index in [1.54, 1.807) is 31.3 Å². The normalized spacial score (nSPS) is 20.4. The van der Waals surface area contributed by atoms with E-state index in [1.165, 1.54) is 19.0 Å². The standard InChI is InChI=1S/C18H15N5O4/c1-21-11-7-5-4-6-9(11)18(16(21)25)10(8-19)13(20)27-15-12(18)14(24)22(2)17(26)23(15)3/h4-7H,20H2,1-3H3. The number of rotatable bonds is 0. The molecule has 2 aromatic rings. The smallest absolute Gasteiger partial charge is 0.333 e. The number of hydrogen-bond donors (Lipinski definition) is 1.